The van der Waals surface area contributed by atoms with Crippen molar-refractivity contribution >= 4 is 23.5 Å². The summed E-state index contributed by atoms with van der Waals surface area (Å²) in [5, 5.41) is 6.90. The monoisotopic (exact) mass is 285 g/mol. The third-order valence-electron chi connectivity index (χ3n) is 2.40. The van der Waals surface area contributed by atoms with Crippen molar-refractivity contribution in [2.75, 3.05) is 24.6 Å². The van der Waals surface area contributed by atoms with E-state index in [0.717, 1.165) is 11.8 Å². The van der Waals surface area contributed by atoms with Gasteiger partial charge in [-0.05, 0) is 13.8 Å². The van der Waals surface area contributed by atoms with Crippen LogP contribution in [0.15, 0.2) is 0 Å². The number of hydrogen-bond acceptors (Lipinski definition) is 3. The molecule has 0 aliphatic heterocycles. The number of carbonyl (C=O) groups excluding carboxylic acids is 1. The van der Waals surface area contributed by atoms with Crippen molar-refractivity contribution < 1.29 is 18.0 Å². The van der Waals surface area contributed by atoms with E-state index in [1.807, 2.05) is 0 Å². The molecule has 1 atom stereocenters. The molecular weight excluding hydrogens is 267 g/mol. The van der Waals surface area contributed by atoms with Gasteiger partial charge < -0.3 is 10.6 Å². The second-order valence-corrected chi connectivity index (χ2v) is 4.66. The lowest BCUT2D eigenvalue weighted by atomic mass is 10.1. The summed E-state index contributed by atoms with van der Waals surface area (Å²) in [6.07, 6.45) is -4.53. The van der Waals surface area contributed by atoms with Crippen LogP contribution in [0.3, 0.4) is 0 Å². The third kappa shape index (κ3) is 5.61. The summed E-state index contributed by atoms with van der Waals surface area (Å²) in [6, 6.07) is 0. The Morgan fingerprint density at radius 3 is 2.22 bits per heavy atom. The largest absolute Gasteiger partial charge is 0.399 e. The van der Waals surface area contributed by atoms with Gasteiger partial charge in [-0.15, -0.1) is 0 Å². The quantitative estimate of drug-likeness (QED) is 0.552. The first-order valence-corrected chi connectivity index (χ1v) is 6.65. The SMILES string of the molecule is CCN(CC)C(=O)CSCC(C(=N)N)C(F)(F)F. The maximum Gasteiger partial charge on any atom is 0.399 e. The molecule has 0 aliphatic rings. The van der Waals surface area contributed by atoms with Crippen LogP contribution in [-0.2, 0) is 4.79 Å². The molecule has 106 valence electrons. The molecule has 0 spiro atoms. The number of nitrogens with one attached hydrogen (secondary N) is 1. The van der Waals surface area contributed by atoms with Crippen molar-refractivity contribution in [1.82, 2.24) is 4.90 Å². The molecule has 0 saturated carbocycles. The van der Waals surface area contributed by atoms with E-state index in [9.17, 15) is 18.0 Å². The van der Waals surface area contributed by atoms with E-state index in [2.05, 4.69) is 0 Å². The predicted molar refractivity (Wildman–Crippen MR) is 66.7 cm³/mol. The predicted octanol–water partition coefficient (Wildman–Crippen LogP) is 1.70. The highest BCUT2D eigenvalue weighted by Gasteiger charge is 2.41. The smallest absolute Gasteiger partial charge is 0.387 e. The summed E-state index contributed by atoms with van der Waals surface area (Å²) in [6.45, 7) is 4.68. The Hall–Kier alpha value is -0.920. The lowest BCUT2D eigenvalue weighted by molar-refractivity contribution is -0.150. The van der Waals surface area contributed by atoms with Gasteiger partial charge in [0.2, 0.25) is 5.91 Å². The Bertz CT molecular complexity index is 293. The molecule has 0 fully saturated rings. The Labute approximate surface area is 109 Å². The summed E-state index contributed by atoms with van der Waals surface area (Å²) in [4.78, 5) is 13.1. The molecule has 0 aliphatic carbocycles. The van der Waals surface area contributed by atoms with Gasteiger partial charge in [-0.1, -0.05) is 0 Å². The Morgan fingerprint density at radius 2 is 1.89 bits per heavy atom. The van der Waals surface area contributed by atoms with E-state index in [1.165, 1.54) is 0 Å². The molecule has 0 rings (SSSR count). The molecule has 0 aromatic heterocycles. The van der Waals surface area contributed by atoms with Crippen LogP contribution in [-0.4, -0.2) is 47.4 Å². The van der Waals surface area contributed by atoms with Crippen molar-refractivity contribution in [3.8, 4) is 0 Å². The summed E-state index contributed by atoms with van der Waals surface area (Å²) in [5.74, 6) is -3.51. The minimum atomic E-state index is -4.53. The highest BCUT2D eigenvalue weighted by atomic mass is 32.2. The van der Waals surface area contributed by atoms with Gasteiger partial charge in [0.05, 0.1) is 5.75 Å². The van der Waals surface area contributed by atoms with Crippen molar-refractivity contribution in [3.63, 3.8) is 0 Å². The highest BCUT2D eigenvalue weighted by molar-refractivity contribution is 7.99. The fraction of sp³-hybridized carbons (Fsp3) is 0.800. The summed E-state index contributed by atoms with van der Waals surface area (Å²) < 4.78 is 37.4. The zero-order valence-corrected chi connectivity index (χ0v) is 11.2. The van der Waals surface area contributed by atoms with E-state index in [-0.39, 0.29) is 11.7 Å². The summed E-state index contributed by atoms with van der Waals surface area (Å²) >= 11 is 0.852. The van der Waals surface area contributed by atoms with E-state index in [1.54, 1.807) is 18.7 Å². The van der Waals surface area contributed by atoms with Crippen LogP contribution in [0, 0.1) is 11.3 Å². The molecule has 3 N–H and O–H groups in total. The normalized spacial score (nSPS) is 13.2. The van der Waals surface area contributed by atoms with Crippen LogP contribution in [0.1, 0.15) is 13.8 Å². The van der Waals surface area contributed by atoms with Gasteiger partial charge in [0.15, 0.2) is 0 Å². The van der Waals surface area contributed by atoms with Crippen molar-refractivity contribution in [1.29, 1.82) is 5.41 Å². The molecule has 0 aromatic rings. The minimum absolute atomic E-state index is 0.0263. The average Bonchev–Trinajstić information content (AvgIpc) is 2.23. The maximum absolute atomic E-state index is 12.5. The van der Waals surface area contributed by atoms with Crippen LogP contribution in [0.5, 0.6) is 0 Å². The molecule has 4 nitrogen and oxygen atoms in total. The Morgan fingerprint density at radius 1 is 1.39 bits per heavy atom. The topological polar surface area (TPSA) is 70.2 Å². The number of amidine groups is 1. The minimum Gasteiger partial charge on any atom is -0.387 e. The van der Waals surface area contributed by atoms with Gasteiger partial charge in [-0.2, -0.15) is 24.9 Å². The van der Waals surface area contributed by atoms with Crippen LogP contribution >= 0.6 is 11.8 Å². The third-order valence-corrected chi connectivity index (χ3v) is 3.42. The van der Waals surface area contributed by atoms with Crippen molar-refractivity contribution in [2.45, 2.75) is 20.0 Å². The van der Waals surface area contributed by atoms with Gasteiger partial charge >= 0.3 is 6.18 Å². The van der Waals surface area contributed by atoms with Crippen molar-refractivity contribution in [3.05, 3.63) is 0 Å². The zero-order valence-electron chi connectivity index (χ0n) is 10.4. The van der Waals surface area contributed by atoms with Gasteiger partial charge in [0.25, 0.3) is 0 Å². The molecule has 8 heteroatoms. The van der Waals surface area contributed by atoms with Crippen LogP contribution in [0.2, 0.25) is 0 Å². The molecule has 0 saturated heterocycles. The number of hydrogen-bond donors (Lipinski definition) is 2. The standard InChI is InChI=1S/C10H18F3N3OS/c1-3-16(4-2)8(17)6-18-5-7(9(14)15)10(11,12)13/h7H,3-6H2,1-2H3,(H3,14,15). The molecule has 0 radical (unpaired) electrons. The lowest BCUT2D eigenvalue weighted by Crippen LogP contribution is -2.38. The molecular formula is C10H18F3N3OS. The molecule has 0 heterocycles. The number of thioether (sulfide) groups is 1. The van der Waals surface area contributed by atoms with Gasteiger partial charge in [0, 0.05) is 18.8 Å². The van der Waals surface area contributed by atoms with E-state index in [4.69, 9.17) is 11.1 Å². The lowest BCUT2D eigenvalue weighted by Gasteiger charge is -2.20. The molecule has 0 bridgehead atoms. The molecule has 1 amide bonds. The van der Waals surface area contributed by atoms with Crippen LogP contribution in [0.4, 0.5) is 13.2 Å². The van der Waals surface area contributed by atoms with Crippen molar-refractivity contribution in [2.24, 2.45) is 11.7 Å². The second-order valence-electron chi connectivity index (χ2n) is 3.63. The number of rotatable bonds is 7. The first-order valence-electron chi connectivity index (χ1n) is 5.50. The van der Waals surface area contributed by atoms with E-state index >= 15 is 0 Å². The van der Waals surface area contributed by atoms with E-state index in [0.29, 0.717) is 13.1 Å². The zero-order chi connectivity index (χ0) is 14.3. The number of amides is 1. The van der Waals surface area contributed by atoms with Crippen LogP contribution < -0.4 is 5.73 Å². The summed E-state index contributed by atoms with van der Waals surface area (Å²) in [5.41, 5.74) is 4.91. The number of alkyl halides is 3. The number of nitrogens with zero attached hydrogens (tertiary/aromatic N) is 1. The Kier molecular flexibility index (Phi) is 7.12. The number of halogens is 3. The molecule has 1 unspecified atom stereocenters. The second kappa shape index (κ2) is 7.50. The maximum atomic E-state index is 12.5. The molecule has 0 aromatic carbocycles. The number of nitrogens with two attached hydrogens (primary N) is 1. The fourth-order valence-corrected chi connectivity index (χ4v) is 2.37. The first-order chi connectivity index (χ1) is 8.23. The number of carbonyl (C=O) groups is 1. The average molecular weight is 285 g/mol. The highest BCUT2D eigenvalue weighted by Crippen LogP contribution is 2.29. The van der Waals surface area contributed by atoms with Gasteiger partial charge in [-0.25, -0.2) is 0 Å². The van der Waals surface area contributed by atoms with Gasteiger partial charge in [-0.3, -0.25) is 10.2 Å². The van der Waals surface area contributed by atoms with Gasteiger partial charge in [0.1, 0.15) is 11.8 Å². The Balaban J connectivity index is 4.24. The first kappa shape index (κ1) is 17.1. The van der Waals surface area contributed by atoms with E-state index < -0.39 is 23.7 Å². The molecule has 18 heavy (non-hydrogen) atoms. The summed E-state index contributed by atoms with van der Waals surface area (Å²) in [7, 11) is 0. The fourth-order valence-electron chi connectivity index (χ4n) is 1.29. The van der Waals surface area contributed by atoms with Crippen LogP contribution in [0.25, 0.3) is 0 Å².